The molecule has 2 heterocycles. The zero-order valence-corrected chi connectivity index (χ0v) is 18.8. The van der Waals surface area contributed by atoms with Crippen LogP contribution in [0.2, 0.25) is 5.02 Å². The van der Waals surface area contributed by atoms with Crippen LogP contribution in [0.25, 0.3) is 5.69 Å². The van der Waals surface area contributed by atoms with Crippen molar-refractivity contribution >= 4 is 23.3 Å². The Balaban J connectivity index is 1.64. The number of hydrogen-bond donors (Lipinski definition) is 1. The van der Waals surface area contributed by atoms with E-state index in [2.05, 4.69) is 35.0 Å². The standard InChI is InChI=1S/C27H24ClN3O/c1-18-13-14-21(16-19(18)2)29-27(32)31-17-20-8-3-6-11-24(20)30-15-7-12-25(30)26(31)22-9-4-5-10-23(22)28/h3-16,26H,17H2,1-2H3,(H,29,32)/t26-/m1/s1. The number of carbonyl (C=O) groups is 1. The van der Waals surface area contributed by atoms with Gasteiger partial charge < -0.3 is 14.8 Å². The number of anilines is 1. The summed E-state index contributed by atoms with van der Waals surface area (Å²) in [4.78, 5) is 15.6. The first kappa shape index (κ1) is 20.4. The van der Waals surface area contributed by atoms with Gasteiger partial charge in [-0.15, -0.1) is 0 Å². The number of rotatable bonds is 2. The largest absolute Gasteiger partial charge is 0.322 e. The molecule has 0 aliphatic carbocycles. The second kappa shape index (κ2) is 8.21. The fourth-order valence-corrected chi connectivity index (χ4v) is 4.62. The van der Waals surface area contributed by atoms with E-state index in [1.54, 1.807) is 0 Å². The number of halogens is 1. The van der Waals surface area contributed by atoms with Crippen LogP contribution in [-0.2, 0) is 6.54 Å². The molecule has 5 rings (SSSR count). The van der Waals surface area contributed by atoms with Crippen molar-refractivity contribution in [2.24, 2.45) is 0 Å². The topological polar surface area (TPSA) is 37.3 Å². The van der Waals surface area contributed by atoms with E-state index >= 15 is 0 Å². The number of carbonyl (C=O) groups excluding carboxylic acids is 1. The average Bonchev–Trinajstić information content (AvgIpc) is 3.21. The minimum Gasteiger partial charge on any atom is -0.318 e. The smallest absolute Gasteiger partial charge is 0.318 e. The summed E-state index contributed by atoms with van der Waals surface area (Å²) in [5.74, 6) is 0. The van der Waals surface area contributed by atoms with Gasteiger partial charge in [0.25, 0.3) is 0 Å². The van der Waals surface area contributed by atoms with Crippen LogP contribution >= 0.6 is 11.6 Å². The SMILES string of the molecule is Cc1ccc(NC(=O)N2Cc3ccccc3-n3cccc3[C@H]2c2ccccc2Cl)cc1C. The molecule has 4 aromatic rings. The van der Waals surface area contributed by atoms with Crippen LogP contribution in [0.15, 0.2) is 85.1 Å². The highest BCUT2D eigenvalue weighted by molar-refractivity contribution is 6.31. The van der Waals surface area contributed by atoms with Gasteiger partial charge in [-0.1, -0.05) is 54.1 Å². The minimum atomic E-state index is -0.336. The molecule has 0 bridgehead atoms. The second-order valence-corrected chi connectivity index (χ2v) is 8.62. The van der Waals surface area contributed by atoms with E-state index in [9.17, 15) is 4.79 Å². The van der Waals surface area contributed by atoms with E-state index in [4.69, 9.17) is 11.6 Å². The van der Waals surface area contributed by atoms with Crippen LogP contribution < -0.4 is 5.32 Å². The molecular formula is C27H24ClN3O. The normalized spacial score (nSPS) is 15.0. The Kier molecular flexibility index (Phi) is 5.24. The zero-order chi connectivity index (χ0) is 22.2. The van der Waals surface area contributed by atoms with Crippen LogP contribution in [0.1, 0.15) is 34.0 Å². The van der Waals surface area contributed by atoms with Crippen LogP contribution in [0, 0.1) is 13.8 Å². The summed E-state index contributed by atoms with van der Waals surface area (Å²) in [6.07, 6.45) is 2.04. The van der Waals surface area contributed by atoms with E-state index < -0.39 is 0 Å². The molecule has 1 aliphatic rings. The molecule has 0 radical (unpaired) electrons. The molecule has 1 aromatic heterocycles. The van der Waals surface area contributed by atoms with Gasteiger partial charge >= 0.3 is 6.03 Å². The third kappa shape index (κ3) is 3.57. The molecule has 0 saturated heterocycles. The molecule has 2 amide bonds. The van der Waals surface area contributed by atoms with Gasteiger partial charge in [0.05, 0.1) is 17.9 Å². The minimum absolute atomic E-state index is 0.164. The van der Waals surface area contributed by atoms with E-state index in [0.717, 1.165) is 33.8 Å². The molecule has 0 spiro atoms. The van der Waals surface area contributed by atoms with Crippen LogP contribution in [-0.4, -0.2) is 15.5 Å². The van der Waals surface area contributed by atoms with Crippen molar-refractivity contribution in [3.05, 3.63) is 118 Å². The number of hydrogen-bond acceptors (Lipinski definition) is 1. The number of aryl methyl sites for hydroxylation is 2. The summed E-state index contributed by atoms with van der Waals surface area (Å²) < 4.78 is 2.16. The summed E-state index contributed by atoms with van der Waals surface area (Å²) in [5.41, 5.74) is 7.17. The molecule has 1 atom stereocenters. The number of nitrogens with zero attached hydrogens (tertiary/aromatic N) is 2. The Morgan fingerprint density at radius 1 is 0.938 bits per heavy atom. The molecule has 3 aromatic carbocycles. The van der Waals surface area contributed by atoms with E-state index in [0.29, 0.717) is 11.6 Å². The molecule has 4 nitrogen and oxygen atoms in total. The Hall–Kier alpha value is -3.50. The number of urea groups is 1. The Morgan fingerprint density at radius 3 is 2.53 bits per heavy atom. The number of nitrogens with one attached hydrogen (secondary N) is 1. The van der Waals surface area contributed by atoms with Gasteiger partial charge in [0.15, 0.2) is 0 Å². The van der Waals surface area contributed by atoms with Crippen molar-refractivity contribution in [2.45, 2.75) is 26.4 Å². The maximum Gasteiger partial charge on any atom is 0.322 e. The number of aromatic nitrogens is 1. The first-order valence-electron chi connectivity index (χ1n) is 10.7. The average molecular weight is 442 g/mol. The number of benzene rings is 3. The van der Waals surface area contributed by atoms with Crippen molar-refractivity contribution in [2.75, 3.05) is 5.32 Å². The molecular weight excluding hydrogens is 418 g/mol. The molecule has 1 N–H and O–H groups in total. The predicted molar refractivity (Wildman–Crippen MR) is 130 cm³/mol. The summed E-state index contributed by atoms with van der Waals surface area (Å²) in [6.45, 7) is 4.57. The van der Waals surface area contributed by atoms with Gasteiger partial charge in [-0.2, -0.15) is 0 Å². The monoisotopic (exact) mass is 441 g/mol. The van der Waals surface area contributed by atoms with Crippen molar-refractivity contribution in [1.29, 1.82) is 0 Å². The summed E-state index contributed by atoms with van der Waals surface area (Å²) in [7, 11) is 0. The van der Waals surface area contributed by atoms with E-state index in [1.807, 2.05) is 78.7 Å². The van der Waals surface area contributed by atoms with Crippen molar-refractivity contribution < 1.29 is 4.79 Å². The fraction of sp³-hybridized carbons (Fsp3) is 0.148. The Morgan fingerprint density at radius 2 is 1.72 bits per heavy atom. The highest BCUT2D eigenvalue weighted by atomic mass is 35.5. The van der Waals surface area contributed by atoms with Crippen LogP contribution in [0.5, 0.6) is 0 Å². The second-order valence-electron chi connectivity index (χ2n) is 8.21. The maximum absolute atomic E-state index is 13.7. The number of fused-ring (bicyclic) bond motifs is 3. The van der Waals surface area contributed by atoms with Gasteiger partial charge in [-0.3, -0.25) is 0 Å². The quantitative estimate of drug-likeness (QED) is 0.361. The van der Waals surface area contributed by atoms with Gasteiger partial charge in [0, 0.05) is 16.9 Å². The Bertz CT molecular complexity index is 1310. The predicted octanol–water partition coefficient (Wildman–Crippen LogP) is 6.88. The van der Waals surface area contributed by atoms with Crippen molar-refractivity contribution in [3.8, 4) is 5.69 Å². The Labute approximate surface area is 193 Å². The molecule has 0 fully saturated rings. The number of amides is 2. The molecule has 32 heavy (non-hydrogen) atoms. The van der Waals surface area contributed by atoms with Gasteiger partial charge in [0.2, 0.25) is 0 Å². The van der Waals surface area contributed by atoms with Crippen molar-refractivity contribution in [1.82, 2.24) is 9.47 Å². The lowest BCUT2D eigenvalue weighted by molar-refractivity contribution is 0.194. The maximum atomic E-state index is 13.7. The first-order valence-corrected chi connectivity index (χ1v) is 11.1. The molecule has 1 aliphatic heterocycles. The summed E-state index contributed by atoms with van der Waals surface area (Å²) >= 11 is 6.66. The molecule has 0 saturated carbocycles. The van der Waals surface area contributed by atoms with Gasteiger partial charge in [0.1, 0.15) is 6.04 Å². The van der Waals surface area contributed by atoms with Gasteiger partial charge in [-0.25, -0.2) is 4.79 Å². The van der Waals surface area contributed by atoms with E-state index in [-0.39, 0.29) is 12.1 Å². The van der Waals surface area contributed by atoms with E-state index in [1.165, 1.54) is 5.56 Å². The lowest BCUT2D eigenvalue weighted by atomic mass is 10.0. The molecule has 0 unspecified atom stereocenters. The fourth-order valence-electron chi connectivity index (χ4n) is 4.38. The summed E-state index contributed by atoms with van der Waals surface area (Å²) in [5, 5.41) is 3.75. The van der Waals surface area contributed by atoms with Crippen LogP contribution in [0.3, 0.4) is 0 Å². The van der Waals surface area contributed by atoms with Gasteiger partial charge in [-0.05, 0) is 72.5 Å². The lowest BCUT2D eigenvalue weighted by Crippen LogP contribution is -2.38. The molecule has 160 valence electrons. The summed E-state index contributed by atoms with van der Waals surface area (Å²) in [6, 6.07) is 25.5. The zero-order valence-electron chi connectivity index (χ0n) is 18.0. The third-order valence-corrected chi connectivity index (χ3v) is 6.53. The third-order valence-electron chi connectivity index (χ3n) is 6.18. The highest BCUT2D eigenvalue weighted by Gasteiger charge is 2.34. The molecule has 5 heteroatoms. The first-order chi connectivity index (χ1) is 15.5. The lowest BCUT2D eigenvalue weighted by Gasteiger charge is -2.31. The number of para-hydroxylation sites is 1. The van der Waals surface area contributed by atoms with Crippen LogP contribution in [0.4, 0.5) is 10.5 Å². The van der Waals surface area contributed by atoms with Crippen molar-refractivity contribution in [3.63, 3.8) is 0 Å². The highest BCUT2D eigenvalue weighted by Crippen LogP contribution is 2.39.